The Morgan fingerprint density at radius 3 is 2.72 bits per heavy atom. The molecule has 0 bridgehead atoms. The predicted molar refractivity (Wildman–Crippen MR) is 71.2 cm³/mol. The Labute approximate surface area is 108 Å². The second-order valence-electron chi connectivity index (χ2n) is 5.98. The summed E-state index contributed by atoms with van der Waals surface area (Å²) in [5.74, 6) is 2.21. The van der Waals surface area contributed by atoms with E-state index < -0.39 is 0 Å². The van der Waals surface area contributed by atoms with Crippen molar-refractivity contribution in [1.29, 1.82) is 0 Å². The van der Waals surface area contributed by atoms with Gasteiger partial charge in [0, 0.05) is 16.7 Å². The van der Waals surface area contributed by atoms with Crippen LogP contribution in [0, 0.1) is 5.41 Å². The van der Waals surface area contributed by atoms with E-state index in [0.717, 1.165) is 24.5 Å². The number of allylic oxidation sites excluding steroid dienone is 4. The largest absolute Gasteiger partial charge is 0.221 e. The zero-order valence-corrected chi connectivity index (χ0v) is 11.2. The molecule has 0 aliphatic heterocycles. The molecule has 2 unspecified atom stereocenters. The van der Waals surface area contributed by atoms with Crippen molar-refractivity contribution in [2.24, 2.45) is 5.41 Å². The van der Waals surface area contributed by atoms with Crippen molar-refractivity contribution < 1.29 is 0 Å². The molecule has 0 aromatic carbocycles. The highest BCUT2D eigenvalue weighted by Gasteiger charge is 2.64. The van der Waals surface area contributed by atoms with Crippen LogP contribution in [0.3, 0.4) is 0 Å². The topological polar surface area (TPSA) is 38.7 Å². The van der Waals surface area contributed by atoms with Crippen LogP contribution in [0.25, 0.3) is 0 Å². The summed E-state index contributed by atoms with van der Waals surface area (Å²) in [6.45, 7) is 6.51. The zero-order chi connectivity index (χ0) is 12.8. The quantitative estimate of drug-likeness (QED) is 0.798. The van der Waals surface area contributed by atoms with Gasteiger partial charge in [-0.2, -0.15) is 0 Å². The lowest BCUT2D eigenvalue weighted by Crippen LogP contribution is -2.18. The summed E-state index contributed by atoms with van der Waals surface area (Å²) in [6, 6.07) is 0. The highest BCUT2D eigenvalue weighted by molar-refractivity contribution is 5.38. The number of hydrogen-bond donors (Lipinski definition) is 0. The standard InChI is InChI=1S/C15H19N3/c1-11(2)12-16-10-17-13(18-12)14(3)9-15(14)7-5-4-6-8-15/h4-7,10-11H,8-9H2,1-3H3. The highest BCUT2D eigenvalue weighted by Crippen LogP contribution is 2.67. The Morgan fingerprint density at radius 1 is 1.22 bits per heavy atom. The lowest BCUT2D eigenvalue weighted by molar-refractivity contribution is 0.509. The highest BCUT2D eigenvalue weighted by atomic mass is 15.0. The minimum atomic E-state index is 0.0842. The molecular weight excluding hydrogens is 222 g/mol. The number of nitrogens with zero attached hydrogens (tertiary/aromatic N) is 3. The van der Waals surface area contributed by atoms with Gasteiger partial charge in [0.05, 0.1) is 0 Å². The van der Waals surface area contributed by atoms with Crippen LogP contribution >= 0.6 is 0 Å². The second-order valence-corrected chi connectivity index (χ2v) is 5.98. The smallest absolute Gasteiger partial charge is 0.139 e. The van der Waals surface area contributed by atoms with Crippen molar-refractivity contribution in [3.63, 3.8) is 0 Å². The average Bonchev–Trinajstić information content (AvgIpc) is 2.96. The van der Waals surface area contributed by atoms with Gasteiger partial charge in [-0.25, -0.2) is 15.0 Å². The van der Waals surface area contributed by atoms with Gasteiger partial charge in [0.15, 0.2) is 0 Å². The number of rotatable bonds is 2. The van der Waals surface area contributed by atoms with Gasteiger partial charge in [-0.15, -0.1) is 0 Å². The van der Waals surface area contributed by atoms with E-state index in [2.05, 4.69) is 60.0 Å². The van der Waals surface area contributed by atoms with E-state index in [9.17, 15) is 0 Å². The molecule has 1 spiro atoms. The van der Waals surface area contributed by atoms with Crippen molar-refractivity contribution >= 4 is 0 Å². The molecule has 2 aliphatic carbocycles. The normalized spacial score (nSPS) is 33.3. The summed E-state index contributed by atoms with van der Waals surface area (Å²) in [5, 5.41) is 0. The summed E-state index contributed by atoms with van der Waals surface area (Å²) in [7, 11) is 0. The minimum absolute atomic E-state index is 0.0842. The molecule has 2 atom stereocenters. The minimum Gasteiger partial charge on any atom is -0.221 e. The molecular formula is C15H19N3. The summed E-state index contributed by atoms with van der Waals surface area (Å²) >= 11 is 0. The Morgan fingerprint density at radius 2 is 2.06 bits per heavy atom. The molecule has 0 N–H and O–H groups in total. The molecule has 1 heterocycles. The summed E-state index contributed by atoms with van der Waals surface area (Å²) in [5.41, 5.74) is 0.332. The van der Waals surface area contributed by atoms with Crippen LogP contribution in [0.15, 0.2) is 30.6 Å². The Kier molecular flexibility index (Phi) is 2.40. The van der Waals surface area contributed by atoms with E-state index in [1.165, 1.54) is 0 Å². The molecule has 0 amide bonds. The van der Waals surface area contributed by atoms with Gasteiger partial charge >= 0.3 is 0 Å². The van der Waals surface area contributed by atoms with Crippen molar-refractivity contribution in [2.45, 2.75) is 44.9 Å². The van der Waals surface area contributed by atoms with Crippen molar-refractivity contribution in [1.82, 2.24) is 15.0 Å². The zero-order valence-electron chi connectivity index (χ0n) is 11.2. The van der Waals surface area contributed by atoms with E-state index in [1.807, 2.05) is 0 Å². The van der Waals surface area contributed by atoms with E-state index in [0.29, 0.717) is 5.92 Å². The first-order valence-corrected chi connectivity index (χ1v) is 6.61. The lowest BCUT2D eigenvalue weighted by Gasteiger charge is -2.19. The maximum atomic E-state index is 4.68. The van der Waals surface area contributed by atoms with E-state index in [1.54, 1.807) is 6.33 Å². The molecule has 1 aromatic heterocycles. The third-order valence-corrected chi connectivity index (χ3v) is 4.39. The Balaban J connectivity index is 1.95. The van der Waals surface area contributed by atoms with Crippen LogP contribution in [0.4, 0.5) is 0 Å². The molecule has 18 heavy (non-hydrogen) atoms. The van der Waals surface area contributed by atoms with Crippen LogP contribution in [0.5, 0.6) is 0 Å². The Hall–Kier alpha value is -1.51. The van der Waals surface area contributed by atoms with Gasteiger partial charge in [0.25, 0.3) is 0 Å². The summed E-state index contributed by atoms with van der Waals surface area (Å²) < 4.78 is 0. The molecule has 3 nitrogen and oxygen atoms in total. The van der Waals surface area contributed by atoms with E-state index in [-0.39, 0.29) is 10.8 Å². The molecule has 3 heteroatoms. The maximum Gasteiger partial charge on any atom is 0.139 e. The van der Waals surface area contributed by atoms with E-state index in [4.69, 9.17) is 0 Å². The molecule has 0 radical (unpaired) electrons. The van der Waals surface area contributed by atoms with Crippen LogP contribution in [-0.2, 0) is 5.41 Å². The maximum absolute atomic E-state index is 4.68. The molecule has 2 aliphatic rings. The van der Waals surface area contributed by atoms with Gasteiger partial charge in [-0.05, 0) is 12.8 Å². The third-order valence-electron chi connectivity index (χ3n) is 4.39. The fraction of sp³-hybridized carbons (Fsp3) is 0.533. The van der Waals surface area contributed by atoms with Crippen molar-refractivity contribution in [3.8, 4) is 0 Å². The average molecular weight is 241 g/mol. The molecule has 1 aromatic rings. The first-order chi connectivity index (χ1) is 8.57. The van der Waals surface area contributed by atoms with Gasteiger partial charge < -0.3 is 0 Å². The third kappa shape index (κ3) is 1.53. The predicted octanol–water partition coefficient (Wildman–Crippen LogP) is 3.16. The van der Waals surface area contributed by atoms with Gasteiger partial charge in [-0.3, -0.25) is 0 Å². The molecule has 1 saturated carbocycles. The fourth-order valence-electron chi connectivity index (χ4n) is 2.95. The molecule has 0 saturated heterocycles. The second kappa shape index (κ2) is 3.74. The van der Waals surface area contributed by atoms with Gasteiger partial charge in [-0.1, -0.05) is 45.1 Å². The van der Waals surface area contributed by atoms with Crippen LogP contribution in [0.2, 0.25) is 0 Å². The first-order valence-electron chi connectivity index (χ1n) is 6.61. The number of aromatic nitrogens is 3. The van der Waals surface area contributed by atoms with Gasteiger partial charge in [0.1, 0.15) is 18.0 Å². The number of hydrogen-bond acceptors (Lipinski definition) is 3. The molecule has 1 fully saturated rings. The van der Waals surface area contributed by atoms with Crippen LogP contribution in [-0.4, -0.2) is 15.0 Å². The van der Waals surface area contributed by atoms with Crippen LogP contribution < -0.4 is 0 Å². The van der Waals surface area contributed by atoms with Crippen molar-refractivity contribution in [2.75, 3.05) is 0 Å². The van der Waals surface area contributed by atoms with Crippen LogP contribution in [0.1, 0.15) is 51.2 Å². The van der Waals surface area contributed by atoms with E-state index >= 15 is 0 Å². The molecule has 94 valence electrons. The molecule has 3 rings (SSSR count). The summed E-state index contributed by atoms with van der Waals surface area (Å²) in [4.78, 5) is 13.4. The first kappa shape index (κ1) is 11.6. The monoisotopic (exact) mass is 241 g/mol. The Bertz CT molecular complexity index is 532. The summed E-state index contributed by atoms with van der Waals surface area (Å²) in [6.07, 6.45) is 12.8. The fourth-order valence-corrected chi connectivity index (χ4v) is 2.95. The SMILES string of the molecule is CC(C)c1ncnc(C2(C)CC23C=CC=CC3)n1. The van der Waals surface area contributed by atoms with Gasteiger partial charge in [0.2, 0.25) is 0 Å². The lowest BCUT2D eigenvalue weighted by atomic mass is 9.87. The van der Waals surface area contributed by atoms with Crippen molar-refractivity contribution in [3.05, 3.63) is 42.3 Å².